The van der Waals surface area contributed by atoms with Gasteiger partial charge in [-0.15, -0.1) is 0 Å². The summed E-state index contributed by atoms with van der Waals surface area (Å²) >= 11 is 0. The quantitative estimate of drug-likeness (QED) is 0.852. The zero-order chi connectivity index (χ0) is 17.2. The molecule has 1 fully saturated rings. The van der Waals surface area contributed by atoms with Crippen LogP contribution in [0.1, 0.15) is 38.1 Å². The summed E-state index contributed by atoms with van der Waals surface area (Å²) in [6.07, 6.45) is 0. The Hall–Kier alpha value is -2.11. The van der Waals surface area contributed by atoms with Crippen molar-refractivity contribution in [3.05, 3.63) is 29.6 Å². The van der Waals surface area contributed by atoms with Gasteiger partial charge in [-0.3, -0.25) is 4.79 Å². The molecular weight excluding hydrogens is 297 g/mol. The van der Waals surface area contributed by atoms with E-state index < -0.39 is 5.82 Å². The van der Waals surface area contributed by atoms with Crippen LogP contribution in [-0.4, -0.2) is 48.4 Å². The summed E-state index contributed by atoms with van der Waals surface area (Å²) in [5.74, 6) is -0.551. The van der Waals surface area contributed by atoms with Gasteiger partial charge in [0.1, 0.15) is 5.82 Å². The van der Waals surface area contributed by atoms with Gasteiger partial charge in [0.05, 0.1) is 5.69 Å². The van der Waals surface area contributed by atoms with Gasteiger partial charge in [-0.1, -0.05) is 0 Å². The molecule has 0 saturated carbocycles. The van der Waals surface area contributed by atoms with Crippen LogP contribution in [-0.2, 0) is 0 Å². The first-order valence-corrected chi connectivity index (χ1v) is 7.80. The zero-order valence-corrected chi connectivity index (χ0v) is 14.1. The van der Waals surface area contributed by atoms with E-state index in [4.69, 9.17) is 0 Å². The summed E-state index contributed by atoms with van der Waals surface area (Å²) in [7, 11) is 0. The molecule has 23 heavy (non-hydrogen) atoms. The molecule has 1 aliphatic heterocycles. The highest BCUT2D eigenvalue weighted by molar-refractivity contribution is 5.94. The first-order chi connectivity index (χ1) is 10.7. The number of nitrogens with one attached hydrogen (secondary N) is 1. The first-order valence-electron chi connectivity index (χ1n) is 7.80. The number of hydrogen-bond donors (Lipinski definition) is 1. The van der Waals surface area contributed by atoms with Gasteiger partial charge < -0.3 is 15.1 Å². The van der Waals surface area contributed by atoms with Crippen molar-refractivity contribution < 1.29 is 14.0 Å². The number of halogens is 1. The van der Waals surface area contributed by atoms with Gasteiger partial charge in [-0.05, 0) is 45.9 Å². The standard InChI is InChI=1S/C17H24FN3O2/c1-12(22)13-5-6-15(14(18)11-13)20-7-9-21(10-8-20)16(23)19-17(2,3)4/h5-6,11H,7-10H2,1-4H3,(H,19,23). The maximum atomic E-state index is 14.2. The molecule has 0 atom stereocenters. The molecule has 1 N–H and O–H groups in total. The molecule has 5 nitrogen and oxygen atoms in total. The topological polar surface area (TPSA) is 52.7 Å². The van der Waals surface area contributed by atoms with Gasteiger partial charge >= 0.3 is 6.03 Å². The summed E-state index contributed by atoms with van der Waals surface area (Å²) in [5.41, 5.74) is 0.573. The highest BCUT2D eigenvalue weighted by atomic mass is 19.1. The van der Waals surface area contributed by atoms with Crippen molar-refractivity contribution in [2.45, 2.75) is 33.2 Å². The fourth-order valence-electron chi connectivity index (χ4n) is 2.53. The monoisotopic (exact) mass is 321 g/mol. The third kappa shape index (κ3) is 4.43. The second kappa shape index (κ2) is 6.56. The number of urea groups is 1. The van der Waals surface area contributed by atoms with Crippen molar-refractivity contribution in [2.75, 3.05) is 31.1 Å². The molecule has 0 unspecified atom stereocenters. The minimum Gasteiger partial charge on any atom is -0.366 e. The van der Waals surface area contributed by atoms with Crippen LogP contribution in [0.5, 0.6) is 0 Å². The molecule has 1 aromatic carbocycles. The molecule has 0 aromatic heterocycles. The molecule has 1 heterocycles. The SMILES string of the molecule is CC(=O)c1ccc(N2CCN(C(=O)NC(C)(C)C)CC2)c(F)c1. The van der Waals surface area contributed by atoms with Gasteiger partial charge in [-0.25, -0.2) is 9.18 Å². The molecule has 1 aliphatic rings. The van der Waals surface area contributed by atoms with Crippen molar-refractivity contribution in [1.82, 2.24) is 10.2 Å². The van der Waals surface area contributed by atoms with E-state index in [2.05, 4.69) is 5.32 Å². The highest BCUT2D eigenvalue weighted by Crippen LogP contribution is 2.22. The van der Waals surface area contributed by atoms with Crippen LogP contribution in [0, 0.1) is 5.82 Å². The van der Waals surface area contributed by atoms with Crippen LogP contribution in [0.4, 0.5) is 14.9 Å². The Labute approximate surface area is 136 Å². The van der Waals surface area contributed by atoms with Crippen LogP contribution in [0.3, 0.4) is 0 Å². The van der Waals surface area contributed by atoms with Crippen molar-refractivity contribution in [3.8, 4) is 0 Å². The Morgan fingerprint density at radius 1 is 1.13 bits per heavy atom. The lowest BCUT2D eigenvalue weighted by Crippen LogP contribution is -2.55. The van der Waals surface area contributed by atoms with E-state index >= 15 is 0 Å². The fraction of sp³-hybridized carbons (Fsp3) is 0.529. The van der Waals surface area contributed by atoms with Gasteiger partial charge in [0, 0.05) is 37.3 Å². The number of hydrogen-bond acceptors (Lipinski definition) is 3. The highest BCUT2D eigenvalue weighted by Gasteiger charge is 2.25. The number of piperazine rings is 1. The van der Waals surface area contributed by atoms with Crippen molar-refractivity contribution in [2.24, 2.45) is 0 Å². The lowest BCUT2D eigenvalue weighted by molar-refractivity contribution is 0.101. The minimum atomic E-state index is -0.398. The van der Waals surface area contributed by atoms with Crippen LogP contribution in [0.2, 0.25) is 0 Å². The molecule has 0 bridgehead atoms. The van der Waals surface area contributed by atoms with Gasteiger partial charge in [0.25, 0.3) is 0 Å². The molecule has 2 amide bonds. The van der Waals surface area contributed by atoms with Crippen molar-refractivity contribution >= 4 is 17.5 Å². The number of rotatable bonds is 2. The number of nitrogens with zero attached hydrogens (tertiary/aromatic N) is 2. The molecule has 0 spiro atoms. The number of benzene rings is 1. The van der Waals surface area contributed by atoms with E-state index in [1.165, 1.54) is 13.0 Å². The smallest absolute Gasteiger partial charge is 0.317 e. The zero-order valence-electron chi connectivity index (χ0n) is 14.1. The third-order valence-electron chi connectivity index (χ3n) is 3.74. The lowest BCUT2D eigenvalue weighted by Gasteiger charge is -2.37. The Morgan fingerprint density at radius 3 is 2.22 bits per heavy atom. The Bertz CT molecular complexity index is 602. The molecule has 0 radical (unpaired) electrons. The summed E-state index contributed by atoms with van der Waals surface area (Å²) in [4.78, 5) is 27.1. The van der Waals surface area contributed by atoms with E-state index in [1.54, 1.807) is 17.0 Å². The van der Waals surface area contributed by atoms with E-state index in [9.17, 15) is 14.0 Å². The van der Waals surface area contributed by atoms with E-state index in [1.807, 2.05) is 25.7 Å². The number of amides is 2. The van der Waals surface area contributed by atoms with Crippen LogP contribution >= 0.6 is 0 Å². The second-order valence-corrected chi connectivity index (χ2v) is 6.88. The molecule has 1 aromatic rings. The lowest BCUT2D eigenvalue weighted by atomic mass is 10.1. The number of ketones is 1. The number of anilines is 1. The van der Waals surface area contributed by atoms with E-state index in [0.29, 0.717) is 37.4 Å². The van der Waals surface area contributed by atoms with Crippen molar-refractivity contribution in [1.29, 1.82) is 0 Å². The molecule has 2 rings (SSSR count). The molecule has 126 valence electrons. The van der Waals surface area contributed by atoms with Gasteiger partial charge in [0.2, 0.25) is 0 Å². The Kier molecular flexibility index (Phi) is 4.92. The number of carbonyl (C=O) groups is 2. The fourth-order valence-corrected chi connectivity index (χ4v) is 2.53. The largest absolute Gasteiger partial charge is 0.366 e. The average Bonchev–Trinajstić information content (AvgIpc) is 2.45. The summed E-state index contributed by atoms with van der Waals surface area (Å²) in [6.45, 7) is 9.43. The second-order valence-electron chi connectivity index (χ2n) is 6.88. The minimum absolute atomic E-state index is 0.0930. The summed E-state index contributed by atoms with van der Waals surface area (Å²) < 4.78 is 14.2. The number of Topliss-reactive ketones (excluding diaryl/α,β-unsaturated/α-hetero) is 1. The summed E-state index contributed by atoms with van der Waals surface area (Å²) in [5, 5.41) is 2.93. The Morgan fingerprint density at radius 2 is 1.74 bits per heavy atom. The summed E-state index contributed by atoms with van der Waals surface area (Å²) in [6, 6.07) is 4.46. The van der Waals surface area contributed by atoms with E-state index in [-0.39, 0.29) is 17.4 Å². The third-order valence-corrected chi connectivity index (χ3v) is 3.74. The molecular formula is C17H24FN3O2. The van der Waals surface area contributed by atoms with Crippen LogP contribution in [0.15, 0.2) is 18.2 Å². The molecule has 0 aliphatic carbocycles. The van der Waals surface area contributed by atoms with Gasteiger partial charge in [-0.2, -0.15) is 0 Å². The maximum absolute atomic E-state index is 14.2. The maximum Gasteiger partial charge on any atom is 0.317 e. The van der Waals surface area contributed by atoms with Crippen LogP contribution < -0.4 is 10.2 Å². The van der Waals surface area contributed by atoms with Crippen molar-refractivity contribution in [3.63, 3.8) is 0 Å². The Balaban J connectivity index is 1.99. The molecule has 1 saturated heterocycles. The van der Waals surface area contributed by atoms with Crippen LogP contribution in [0.25, 0.3) is 0 Å². The molecule has 6 heteroatoms. The first kappa shape index (κ1) is 17.2. The predicted molar refractivity (Wildman–Crippen MR) is 88.5 cm³/mol. The number of carbonyl (C=O) groups excluding carboxylic acids is 2. The van der Waals surface area contributed by atoms with Gasteiger partial charge in [0.15, 0.2) is 5.78 Å². The van der Waals surface area contributed by atoms with E-state index in [0.717, 1.165) is 0 Å². The predicted octanol–water partition coefficient (Wildman–Crippen LogP) is 2.66. The average molecular weight is 321 g/mol. The normalized spacial score (nSPS) is 15.5.